The van der Waals surface area contributed by atoms with Crippen molar-refractivity contribution in [3.05, 3.63) is 10.7 Å². The van der Waals surface area contributed by atoms with E-state index in [1.807, 2.05) is 6.92 Å². The highest BCUT2D eigenvalue weighted by molar-refractivity contribution is 9.10. The highest BCUT2D eigenvalue weighted by Crippen LogP contribution is 2.25. The lowest BCUT2D eigenvalue weighted by Crippen LogP contribution is -2.42. The molecule has 1 aromatic rings. The molecular formula is C10H14BrCl2N3O. The molecule has 0 saturated carbocycles. The average molecular weight is 343 g/mol. The van der Waals surface area contributed by atoms with Crippen LogP contribution in [-0.2, 0) is 0 Å². The zero-order valence-corrected chi connectivity index (χ0v) is 12.7. The van der Waals surface area contributed by atoms with Crippen molar-refractivity contribution in [1.29, 1.82) is 0 Å². The second-order valence-electron chi connectivity index (χ2n) is 3.58. The molecule has 1 N–H and O–H groups in total. The SMILES string of the molecule is CCC(CCl)(CCl)Nc1ncc(Br)c(OC)n1. The van der Waals surface area contributed by atoms with Crippen molar-refractivity contribution < 1.29 is 4.74 Å². The summed E-state index contributed by atoms with van der Waals surface area (Å²) in [6, 6.07) is 0. The molecule has 0 aliphatic heterocycles. The normalized spacial score (nSPS) is 11.4. The van der Waals surface area contributed by atoms with Gasteiger partial charge in [-0.3, -0.25) is 0 Å². The molecule has 0 aromatic carbocycles. The van der Waals surface area contributed by atoms with Crippen molar-refractivity contribution in [2.24, 2.45) is 0 Å². The van der Waals surface area contributed by atoms with Crippen LogP contribution in [0.15, 0.2) is 10.7 Å². The second kappa shape index (κ2) is 6.61. The number of hydrogen-bond donors (Lipinski definition) is 1. The van der Waals surface area contributed by atoms with Crippen LogP contribution < -0.4 is 10.1 Å². The van der Waals surface area contributed by atoms with Gasteiger partial charge in [0.25, 0.3) is 0 Å². The summed E-state index contributed by atoms with van der Waals surface area (Å²) in [5, 5.41) is 3.16. The predicted molar refractivity (Wildman–Crippen MR) is 74.4 cm³/mol. The average Bonchev–Trinajstić information content (AvgIpc) is 2.38. The number of nitrogens with zero attached hydrogens (tertiary/aromatic N) is 2. The Labute approximate surface area is 119 Å². The molecule has 0 atom stereocenters. The van der Waals surface area contributed by atoms with E-state index < -0.39 is 5.54 Å². The molecule has 0 unspecified atom stereocenters. The summed E-state index contributed by atoms with van der Waals surface area (Å²) in [7, 11) is 1.55. The van der Waals surface area contributed by atoms with E-state index in [1.54, 1.807) is 13.3 Å². The van der Waals surface area contributed by atoms with Gasteiger partial charge in [0.1, 0.15) is 0 Å². The molecule has 1 heterocycles. The molecule has 0 spiro atoms. The van der Waals surface area contributed by atoms with Gasteiger partial charge in [0.05, 0.1) is 23.3 Å². The Bertz CT molecular complexity index is 366. The smallest absolute Gasteiger partial charge is 0.232 e. The second-order valence-corrected chi connectivity index (χ2v) is 4.97. The number of aromatic nitrogens is 2. The molecule has 96 valence electrons. The summed E-state index contributed by atoms with van der Waals surface area (Å²) in [6.07, 6.45) is 2.40. The summed E-state index contributed by atoms with van der Waals surface area (Å²) in [6.45, 7) is 2.01. The number of anilines is 1. The minimum absolute atomic E-state index is 0.384. The van der Waals surface area contributed by atoms with Crippen molar-refractivity contribution in [2.45, 2.75) is 18.9 Å². The molecule has 0 aliphatic carbocycles. The fourth-order valence-corrected chi connectivity index (χ4v) is 2.32. The van der Waals surface area contributed by atoms with Gasteiger partial charge >= 0.3 is 0 Å². The van der Waals surface area contributed by atoms with Gasteiger partial charge in [0, 0.05) is 11.8 Å². The molecular weight excluding hydrogens is 329 g/mol. The largest absolute Gasteiger partial charge is 0.480 e. The maximum Gasteiger partial charge on any atom is 0.232 e. The van der Waals surface area contributed by atoms with Crippen LogP contribution >= 0.6 is 39.1 Å². The van der Waals surface area contributed by atoms with E-state index in [4.69, 9.17) is 27.9 Å². The van der Waals surface area contributed by atoms with Gasteiger partial charge in [-0.1, -0.05) is 6.92 Å². The zero-order chi connectivity index (χ0) is 12.9. The first-order chi connectivity index (χ1) is 8.10. The number of methoxy groups -OCH3 is 1. The molecule has 17 heavy (non-hydrogen) atoms. The maximum atomic E-state index is 5.94. The number of ether oxygens (including phenoxy) is 1. The molecule has 1 aromatic heterocycles. The first-order valence-corrected chi connectivity index (χ1v) is 6.93. The number of nitrogens with one attached hydrogen (secondary N) is 1. The Balaban J connectivity index is 2.94. The highest BCUT2D eigenvalue weighted by atomic mass is 79.9. The highest BCUT2D eigenvalue weighted by Gasteiger charge is 2.27. The van der Waals surface area contributed by atoms with Gasteiger partial charge in [0.2, 0.25) is 11.8 Å². The van der Waals surface area contributed by atoms with Gasteiger partial charge < -0.3 is 10.1 Å². The van der Waals surface area contributed by atoms with Crippen LogP contribution in [-0.4, -0.2) is 34.4 Å². The lowest BCUT2D eigenvalue weighted by molar-refractivity contribution is 0.394. The molecule has 4 nitrogen and oxygen atoms in total. The summed E-state index contributed by atoms with van der Waals surface area (Å²) in [5.74, 6) is 1.69. The lowest BCUT2D eigenvalue weighted by Gasteiger charge is -2.29. The Morgan fingerprint density at radius 2 is 2.12 bits per heavy atom. The number of rotatable bonds is 6. The minimum Gasteiger partial charge on any atom is -0.480 e. The topological polar surface area (TPSA) is 47.0 Å². The zero-order valence-electron chi connectivity index (χ0n) is 9.64. The number of halogens is 3. The fraction of sp³-hybridized carbons (Fsp3) is 0.600. The molecule has 0 amide bonds. The quantitative estimate of drug-likeness (QED) is 0.806. The first kappa shape index (κ1) is 14.8. The molecule has 7 heteroatoms. The van der Waals surface area contributed by atoms with E-state index in [-0.39, 0.29) is 0 Å². The number of alkyl halides is 2. The maximum absolute atomic E-state index is 5.94. The van der Waals surface area contributed by atoms with Crippen LogP contribution in [0.1, 0.15) is 13.3 Å². The molecule has 0 radical (unpaired) electrons. The summed E-state index contributed by atoms with van der Waals surface area (Å²) in [5.41, 5.74) is -0.401. The van der Waals surface area contributed by atoms with Crippen LogP contribution in [0, 0.1) is 0 Å². The van der Waals surface area contributed by atoms with Crippen molar-refractivity contribution >= 4 is 45.1 Å². The Kier molecular flexibility index (Phi) is 5.76. The molecule has 1 rings (SSSR count). The first-order valence-electron chi connectivity index (χ1n) is 5.07. The Morgan fingerprint density at radius 1 is 1.47 bits per heavy atom. The van der Waals surface area contributed by atoms with Gasteiger partial charge in [0.15, 0.2) is 0 Å². The van der Waals surface area contributed by atoms with Crippen molar-refractivity contribution in [3.63, 3.8) is 0 Å². The van der Waals surface area contributed by atoms with E-state index in [1.165, 1.54) is 0 Å². The molecule has 0 bridgehead atoms. The summed E-state index contributed by atoms with van der Waals surface area (Å²) < 4.78 is 5.80. The summed E-state index contributed by atoms with van der Waals surface area (Å²) >= 11 is 15.2. The third-order valence-electron chi connectivity index (χ3n) is 2.47. The van der Waals surface area contributed by atoms with E-state index in [0.29, 0.717) is 28.1 Å². The number of hydrogen-bond acceptors (Lipinski definition) is 4. The Morgan fingerprint density at radius 3 is 2.59 bits per heavy atom. The van der Waals surface area contributed by atoms with E-state index in [0.717, 1.165) is 6.42 Å². The summed E-state index contributed by atoms with van der Waals surface area (Å²) in [4.78, 5) is 8.36. The van der Waals surface area contributed by atoms with E-state index in [2.05, 4.69) is 31.2 Å². The molecule has 0 saturated heterocycles. The van der Waals surface area contributed by atoms with Gasteiger partial charge in [-0.25, -0.2) is 4.98 Å². The van der Waals surface area contributed by atoms with Crippen LogP contribution in [0.25, 0.3) is 0 Å². The lowest BCUT2D eigenvalue weighted by atomic mass is 10.0. The van der Waals surface area contributed by atoms with Gasteiger partial charge in [-0.05, 0) is 22.4 Å². The van der Waals surface area contributed by atoms with E-state index >= 15 is 0 Å². The monoisotopic (exact) mass is 341 g/mol. The third-order valence-corrected chi connectivity index (χ3v) is 4.04. The molecule has 0 fully saturated rings. The van der Waals surface area contributed by atoms with Crippen molar-refractivity contribution in [3.8, 4) is 5.88 Å². The molecule has 0 aliphatic rings. The van der Waals surface area contributed by atoms with Crippen LogP contribution in [0.2, 0.25) is 0 Å². The van der Waals surface area contributed by atoms with Crippen LogP contribution in [0.3, 0.4) is 0 Å². The standard InChI is InChI=1S/C10H14BrCl2N3O/c1-3-10(5-12,6-13)16-9-14-4-7(11)8(15-9)17-2/h4H,3,5-6H2,1-2H3,(H,14,15,16). The van der Waals surface area contributed by atoms with Gasteiger partial charge in [-0.2, -0.15) is 4.98 Å². The predicted octanol–water partition coefficient (Wildman–Crippen LogP) is 3.29. The fourth-order valence-electron chi connectivity index (χ4n) is 1.17. The van der Waals surface area contributed by atoms with Crippen molar-refractivity contribution in [1.82, 2.24) is 9.97 Å². The van der Waals surface area contributed by atoms with Crippen LogP contribution in [0.5, 0.6) is 5.88 Å². The van der Waals surface area contributed by atoms with E-state index in [9.17, 15) is 0 Å². The third kappa shape index (κ3) is 3.60. The van der Waals surface area contributed by atoms with Crippen LogP contribution in [0.4, 0.5) is 5.95 Å². The van der Waals surface area contributed by atoms with Gasteiger partial charge in [-0.15, -0.1) is 23.2 Å². The minimum atomic E-state index is -0.401. The Hall–Kier alpha value is -0.260. The van der Waals surface area contributed by atoms with Crippen molar-refractivity contribution in [2.75, 3.05) is 24.2 Å².